The van der Waals surface area contributed by atoms with Gasteiger partial charge in [0.25, 0.3) is 0 Å². The predicted molar refractivity (Wildman–Crippen MR) is 148 cm³/mol. The molecule has 0 aliphatic heterocycles. The van der Waals surface area contributed by atoms with E-state index in [4.69, 9.17) is 0 Å². The van der Waals surface area contributed by atoms with Gasteiger partial charge in [-0.15, -0.1) is 0 Å². The van der Waals surface area contributed by atoms with Gasteiger partial charge in [-0.2, -0.15) is 5.10 Å². The van der Waals surface area contributed by atoms with Crippen molar-refractivity contribution >= 4 is 22.6 Å². The van der Waals surface area contributed by atoms with Gasteiger partial charge < -0.3 is 4.90 Å². The smallest absolute Gasteiger partial charge is 0.250 e. The fraction of sp³-hybridized carbons (Fsp3) is 0.517. The first-order chi connectivity index (χ1) is 16.4. The second-order valence-corrected chi connectivity index (χ2v) is 10.2. The van der Waals surface area contributed by atoms with E-state index < -0.39 is 0 Å². The molecule has 0 N–H and O–H groups in total. The molecular weight excluding hydrogens is 438 g/mol. The van der Waals surface area contributed by atoms with Crippen LogP contribution in [0.15, 0.2) is 54.2 Å². The molecule has 3 rings (SSSR count). The molecule has 0 saturated heterocycles. The number of hydrogen-bond donors (Lipinski definition) is 0. The molecule has 186 valence electrons. The van der Waals surface area contributed by atoms with Gasteiger partial charge in [0.05, 0.1) is 11.9 Å². The van der Waals surface area contributed by atoms with Crippen molar-refractivity contribution in [1.82, 2.24) is 14.7 Å². The molecule has 1 aliphatic carbocycles. The first kappa shape index (κ1) is 28.0. The van der Waals surface area contributed by atoms with E-state index >= 15 is 0 Å². The number of aromatic nitrogens is 2. The quantitative estimate of drug-likeness (QED) is 0.304. The minimum atomic E-state index is 0.0960. The highest BCUT2D eigenvalue weighted by Crippen LogP contribution is 2.40. The van der Waals surface area contributed by atoms with Crippen molar-refractivity contribution < 1.29 is 4.79 Å². The van der Waals surface area contributed by atoms with Crippen molar-refractivity contribution in [2.75, 3.05) is 7.05 Å². The Hall–Kier alpha value is -2.27. The van der Waals surface area contributed by atoms with E-state index in [2.05, 4.69) is 63.6 Å². The van der Waals surface area contributed by atoms with Crippen LogP contribution in [0.4, 0.5) is 0 Å². The largest absolute Gasteiger partial charge is 0.339 e. The standard InChI is InChI=1S/C26H35N3OS.C3H8/c1-6-8-24(9-7-2)28(5)26(30)19(3)18-31-20(4)23-16-27-29(17-23)25-14-12-22(13-15-25)21-10-11-21;1-3-2/h12-18,21,24H,4,6-11H2,1-3,5H3;3H2,1-2H3/b19-18+;. The molecule has 1 aliphatic rings. The second-order valence-electron chi connectivity index (χ2n) is 9.24. The summed E-state index contributed by atoms with van der Waals surface area (Å²) in [5, 5.41) is 6.41. The van der Waals surface area contributed by atoms with Crippen LogP contribution in [-0.4, -0.2) is 33.7 Å². The Labute approximate surface area is 211 Å². The van der Waals surface area contributed by atoms with Crippen molar-refractivity contribution in [3.05, 3.63) is 65.3 Å². The lowest BCUT2D eigenvalue weighted by Gasteiger charge is -2.28. The predicted octanol–water partition coefficient (Wildman–Crippen LogP) is 8.20. The summed E-state index contributed by atoms with van der Waals surface area (Å²) in [7, 11) is 1.92. The summed E-state index contributed by atoms with van der Waals surface area (Å²) < 4.78 is 1.88. The Kier molecular flexibility index (Phi) is 11.7. The average molecular weight is 482 g/mol. The van der Waals surface area contributed by atoms with Gasteiger partial charge in [0.1, 0.15) is 0 Å². The molecule has 1 heterocycles. The molecule has 5 heteroatoms. The Bertz CT molecular complexity index is 935. The van der Waals surface area contributed by atoms with Crippen LogP contribution in [-0.2, 0) is 4.79 Å². The molecule has 1 aromatic carbocycles. The van der Waals surface area contributed by atoms with Gasteiger partial charge in [-0.3, -0.25) is 4.79 Å². The summed E-state index contributed by atoms with van der Waals surface area (Å²) in [5.74, 6) is 0.855. The van der Waals surface area contributed by atoms with Gasteiger partial charge in [0.2, 0.25) is 5.91 Å². The van der Waals surface area contributed by atoms with Gasteiger partial charge in [-0.25, -0.2) is 4.68 Å². The molecule has 1 amide bonds. The van der Waals surface area contributed by atoms with Gasteiger partial charge in [-0.05, 0) is 61.6 Å². The lowest BCUT2D eigenvalue weighted by Crippen LogP contribution is -2.37. The van der Waals surface area contributed by atoms with Crippen LogP contribution in [0.3, 0.4) is 0 Å². The highest BCUT2D eigenvalue weighted by Gasteiger charge is 2.23. The Balaban J connectivity index is 0.00000129. The number of thioether (sulfide) groups is 1. The lowest BCUT2D eigenvalue weighted by atomic mass is 10.0. The first-order valence-corrected chi connectivity index (χ1v) is 13.7. The van der Waals surface area contributed by atoms with E-state index in [0.29, 0.717) is 6.04 Å². The number of amides is 1. The number of rotatable bonds is 11. The number of hydrogen-bond acceptors (Lipinski definition) is 3. The monoisotopic (exact) mass is 481 g/mol. The number of benzene rings is 1. The fourth-order valence-corrected chi connectivity index (χ4v) is 4.51. The molecule has 0 radical (unpaired) electrons. The van der Waals surface area contributed by atoms with Crippen molar-refractivity contribution in [3.8, 4) is 5.69 Å². The zero-order valence-corrected chi connectivity index (χ0v) is 22.8. The molecule has 0 unspecified atom stereocenters. The third kappa shape index (κ3) is 8.19. The highest BCUT2D eigenvalue weighted by atomic mass is 32.2. The molecule has 0 bridgehead atoms. The zero-order chi connectivity index (χ0) is 25.1. The first-order valence-electron chi connectivity index (χ1n) is 12.8. The van der Waals surface area contributed by atoms with Crippen LogP contribution in [0.5, 0.6) is 0 Å². The van der Waals surface area contributed by atoms with Crippen LogP contribution in [0.1, 0.15) is 96.6 Å². The third-order valence-electron chi connectivity index (χ3n) is 5.94. The minimum absolute atomic E-state index is 0.0960. The van der Waals surface area contributed by atoms with Gasteiger partial charge in [0.15, 0.2) is 0 Å². The van der Waals surface area contributed by atoms with E-state index in [9.17, 15) is 4.79 Å². The zero-order valence-electron chi connectivity index (χ0n) is 22.0. The van der Waals surface area contributed by atoms with Crippen LogP contribution in [0, 0.1) is 0 Å². The topological polar surface area (TPSA) is 38.1 Å². The molecule has 2 aromatic rings. The molecule has 34 heavy (non-hydrogen) atoms. The van der Waals surface area contributed by atoms with E-state index in [1.807, 2.05) is 41.4 Å². The SMILES string of the molecule is C=C(S/C=C(\C)C(=O)N(C)C(CCC)CCC)c1cnn(-c2ccc(C3CC3)cc2)c1.CCC. The van der Waals surface area contributed by atoms with Crippen LogP contribution in [0.25, 0.3) is 10.6 Å². The van der Waals surface area contributed by atoms with E-state index in [1.54, 1.807) is 0 Å². The van der Waals surface area contributed by atoms with E-state index in [1.165, 1.54) is 36.6 Å². The second kappa shape index (κ2) is 14.2. The van der Waals surface area contributed by atoms with Gasteiger partial charge in [-0.1, -0.05) is 77.4 Å². The molecule has 0 atom stereocenters. The van der Waals surface area contributed by atoms with Gasteiger partial charge in [0, 0.05) is 35.3 Å². The maximum atomic E-state index is 12.9. The van der Waals surface area contributed by atoms with Crippen LogP contribution >= 0.6 is 11.8 Å². The summed E-state index contributed by atoms with van der Waals surface area (Å²) in [6, 6.07) is 8.97. The Morgan fingerprint density at radius 3 is 2.29 bits per heavy atom. The molecular formula is C29H43N3OS. The summed E-state index contributed by atoms with van der Waals surface area (Å²) in [6.07, 6.45) is 12.0. The van der Waals surface area contributed by atoms with Crippen molar-refractivity contribution in [3.63, 3.8) is 0 Å². The normalized spacial score (nSPS) is 13.4. The maximum absolute atomic E-state index is 12.9. The summed E-state index contributed by atoms with van der Waals surface area (Å²) in [6.45, 7) is 14.7. The molecule has 1 aromatic heterocycles. The lowest BCUT2D eigenvalue weighted by molar-refractivity contribution is -0.128. The molecule has 0 spiro atoms. The summed E-state index contributed by atoms with van der Waals surface area (Å²) in [4.78, 5) is 15.6. The van der Waals surface area contributed by atoms with E-state index in [0.717, 1.165) is 53.3 Å². The Morgan fingerprint density at radius 1 is 1.18 bits per heavy atom. The molecule has 1 fully saturated rings. The summed E-state index contributed by atoms with van der Waals surface area (Å²) in [5.41, 5.74) is 4.19. The fourth-order valence-electron chi connectivity index (χ4n) is 3.84. The number of likely N-dealkylation sites (N-methyl/N-ethyl adjacent to an activating group) is 1. The van der Waals surface area contributed by atoms with Crippen molar-refractivity contribution in [2.45, 2.75) is 91.5 Å². The Morgan fingerprint density at radius 2 is 1.76 bits per heavy atom. The average Bonchev–Trinajstić information content (AvgIpc) is 3.58. The number of nitrogens with zero attached hydrogens (tertiary/aromatic N) is 3. The van der Waals surface area contributed by atoms with E-state index in [-0.39, 0.29) is 5.91 Å². The van der Waals surface area contributed by atoms with Crippen molar-refractivity contribution in [1.29, 1.82) is 0 Å². The highest BCUT2D eigenvalue weighted by molar-refractivity contribution is 8.10. The van der Waals surface area contributed by atoms with Gasteiger partial charge >= 0.3 is 0 Å². The number of carbonyl (C=O) groups excluding carboxylic acids is 1. The molecule has 1 saturated carbocycles. The summed E-state index contributed by atoms with van der Waals surface area (Å²) >= 11 is 1.49. The third-order valence-corrected chi connectivity index (χ3v) is 6.93. The van der Waals surface area contributed by atoms with Crippen LogP contribution < -0.4 is 0 Å². The number of carbonyl (C=O) groups is 1. The van der Waals surface area contributed by atoms with Crippen molar-refractivity contribution in [2.24, 2.45) is 0 Å². The van der Waals surface area contributed by atoms with Crippen LogP contribution in [0.2, 0.25) is 0 Å². The molecule has 4 nitrogen and oxygen atoms in total. The minimum Gasteiger partial charge on any atom is -0.339 e. The maximum Gasteiger partial charge on any atom is 0.250 e.